The predicted molar refractivity (Wildman–Crippen MR) is 74.1 cm³/mol. The van der Waals surface area contributed by atoms with Crippen LogP contribution in [-0.4, -0.2) is 6.26 Å². The standard InChI is InChI=1S/C13H11ClFNOS/c1-18-9-4-2-8(3-5-9)17-13-6-10(14)11(15)7-12(13)16/h2-7H,16H2,1H3. The fourth-order valence-corrected chi connectivity index (χ4v) is 1.96. The Kier molecular flexibility index (Phi) is 3.99. The molecular weight excluding hydrogens is 273 g/mol. The van der Waals surface area contributed by atoms with Crippen molar-refractivity contribution in [3.05, 3.63) is 47.2 Å². The van der Waals surface area contributed by atoms with Gasteiger partial charge in [0.1, 0.15) is 11.6 Å². The van der Waals surface area contributed by atoms with Crippen LogP contribution in [0.25, 0.3) is 0 Å². The van der Waals surface area contributed by atoms with E-state index in [1.165, 1.54) is 6.07 Å². The molecule has 0 saturated carbocycles. The molecule has 0 aliphatic rings. The van der Waals surface area contributed by atoms with E-state index >= 15 is 0 Å². The van der Waals surface area contributed by atoms with Gasteiger partial charge < -0.3 is 10.5 Å². The summed E-state index contributed by atoms with van der Waals surface area (Å²) in [6.45, 7) is 0. The van der Waals surface area contributed by atoms with Crippen molar-refractivity contribution in [3.8, 4) is 11.5 Å². The largest absolute Gasteiger partial charge is 0.455 e. The molecule has 2 aromatic carbocycles. The fourth-order valence-electron chi connectivity index (χ4n) is 1.40. The van der Waals surface area contributed by atoms with Crippen molar-refractivity contribution in [2.45, 2.75) is 4.90 Å². The molecule has 0 unspecified atom stereocenters. The highest BCUT2D eigenvalue weighted by Crippen LogP contribution is 2.32. The van der Waals surface area contributed by atoms with Crippen molar-refractivity contribution in [2.24, 2.45) is 0 Å². The zero-order valence-corrected chi connectivity index (χ0v) is 11.2. The minimum absolute atomic E-state index is 0.0140. The van der Waals surface area contributed by atoms with E-state index in [0.717, 1.165) is 11.0 Å². The third-order valence-electron chi connectivity index (χ3n) is 2.34. The summed E-state index contributed by atoms with van der Waals surface area (Å²) in [5.74, 6) is 0.416. The van der Waals surface area contributed by atoms with Gasteiger partial charge in [-0.25, -0.2) is 4.39 Å². The first-order valence-corrected chi connectivity index (χ1v) is 6.77. The maximum absolute atomic E-state index is 13.1. The molecule has 2 nitrogen and oxygen atoms in total. The first-order valence-electron chi connectivity index (χ1n) is 5.16. The Morgan fingerprint density at radius 1 is 1.22 bits per heavy atom. The van der Waals surface area contributed by atoms with Crippen LogP contribution in [0.15, 0.2) is 41.3 Å². The van der Waals surface area contributed by atoms with Crippen molar-refractivity contribution in [1.82, 2.24) is 0 Å². The van der Waals surface area contributed by atoms with Crippen LogP contribution in [0.3, 0.4) is 0 Å². The molecule has 0 bridgehead atoms. The second-order valence-electron chi connectivity index (χ2n) is 3.58. The Morgan fingerprint density at radius 3 is 2.50 bits per heavy atom. The second-order valence-corrected chi connectivity index (χ2v) is 4.87. The molecule has 0 fully saturated rings. The molecule has 0 saturated heterocycles. The van der Waals surface area contributed by atoms with Crippen molar-refractivity contribution in [1.29, 1.82) is 0 Å². The van der Waals surface area contributed by atoms with Crippen LogP contribution in [0.5, 0.6) is 11.5 Å². The van der Waals surface area contributed by atoms with E-state index in [0.29, 0.717) is 11.5 Å². The number of anilines is 1. The van der Waals surface area contributed by atoms with Crippen LogP contribution in [0.4, 0.5) is 10.1 Å². The summed E-state index contributed by atoms with van der Waals surface area (Å²) in [5, 5.41) is -0.0140. The minimum atomic E-state index is -0.556. The lowest BCUT2D eigenvalue weighted by Gasteiger charge is -2.09. The van der Waals surface area contributed by atoms with Gasteiger partial charge in [-0.1, -0.05) is 11.6 Å². The van der Waals surface area contributed by atoms with Crippen LogP contribution in [0.2, 0.25) is 5.02 Å². The van der Waals surface area contributed by atoms with Crippen molar-refractivity contribution in [2.75, 3.05) is 12.0 Å². The first kappa shape index (κ1) is 13.1. The van der Waals surface area contributed by atoms with Crippen LogP contribution in [-0.2, 0) is 0 Å². The van der Waals surface area contributed by atoms with Gasteiger partial charge in [0.2, 0.25) is 0 Å². The molecule has 0 aliphatic heterocycles. The smallest absolute Gasteiger partial charge is 0.151 e. The molecular formula is C13H11ClFNOS. The van der Waals surface area contributed by atoms with Crippen LogP contribution in [0, 0.1) is 5.82 Å². The SMILES string of the molecule is CSc1ccc(Oc2cc(Cl)c(F)cc2N)cc1. The zero-order chi connectivity index (χ0) is 13.1. The van der Waals surface area contributed by atoms with Gasteiger partial charge in [-0.05, 0) is 30.5 Å². The number of nitrogen functional groups attached to an aromatic ring is 1. The van der Waals surface area contributed by atoms with Crippen molar-refractivity contribution in [3.63, 3.8) is 0 Å². The lowest BCUT2D eigenvalue weighted by molar-refractivity contribution is 0.483. The van der Waals surface area contributed by atoms with Gasteiger partial charge in [0, 0.05) is 17.0 Å². The van der Waals surface area contributed by atoms with Gasteiger partial charge in [0.25, 0.3) is 0 Å². The summed E-state index contributed by atoms with van der Waals surface area (Å²) in [6, 6.07) is 10.0. The summed E-state index contributed by atoms with van der Waals surface area (Å²) in [4.78, 5) is 1.13. The second kappa shape index (κ2) is 5.50. The number of benzene rings is 2. The fraction of sp³-hybridized carbons (Fsp3) is 0.0769. The van der Waals surface area contributed by atoms with Crippen LogP contribution < -0.4 is 10.5 Å². The number of nitrogens with two attached hydrogens (primary N) is 1. The topological polar surface area (TPSA) is 35.2 Å². The van der Waals surface area contributed by atoms with Crippen LogP contribution >= 0.6 is 23.4 Å². The number of rotatable bonds is 3. The molecule has 0 spiro atoms. The number of hydrogen-bond donors (Lipinski definition) is 1. The van der Waals surface area contributed by atoms with E-state index in [-0.39, 0.29) is 10.7 Å². The molecule has 2 aromatic rings. The lowest BCUT2D eigenvalue weighted by Crippen LogP contribution is -1.93. The average Bonchev–Trinajstić information content (AvgIpc) is 2.37. The zero-order valence-electron chi connectivity index (χ0n) is 9.61. The molecule has 94 valence electrons. The first-order chi connectivity index (χ1) is 8.60. The molecule has 0 aromatic heterocycles. The number of ether oxygens (including phenoxy) is 1. The predicted octanol–water partition coefficient (Wildman–Crippen LogP) is 4.58. The third kappa shape index (κ3) is 2.89. The average molecular weight is 284 g/mol. The van der Waals surface area contributed by atoms with Gasteiger partial charge in [-0.3, -0.25) is 0 Å². The number of halogens is 2. The molecule has 0 aliphatic carbocycles. The van der Waals surface area contributed by atoms with E-state index in [1.807, 2.05) is 30.5 Å². The molecule has 5 heteroatoms. The Bertz CT molecular complexity index is 560. The van der Waals surface area contributed by atoms with Gasteiger partial charge >= 0.3 is 0 Å². The summed E-state index contributed by atoms with van der Waals surface area (Å²) < 4.78 is 18.7. The maximum atomic E-state index is 13.1. The summed E-state index contributed by atoms with van der Waals surface area (Å²) in [6.07, 6.45) is 1.99. The van der Waals surface area contributed by atoms with E-state index in [2.05, 4.69) is 0 Å². The quantitative estimate of drug-likeness (QED) is 0.662. The number of hydrogen-bond acceptors (Lipinski definition) is 3. The van der Waals surface area contributed by atoms with E-state index < -0.39 is 5.82 Å². The summed E-state index contributed by atoms with van der Waals surface area (Å²) >= 11 is 7.33. The van der Waals surface area contributed by atoms with E-state index in [4.69, 9.17) is 22.1 Å². The highest BCUT2D eigenvalue weighted by atomic mass is 35.5. The van der Waals surface area contributed by atoms with Gasteiger partial charge in [-0.2, -0.15) is 0 Å². The summed E-state index contributed by atoms with van der Waals surface area (Å²) in [7, 11) is 0. The maximum Gasteiger partial charge on any atom is 0.151 e. The lowest BCUT2D eigenvalue weighted by atomic mass is 10.3. The Morgan fingerprint density at radius 2 is 1.89 bits per heavy atom. The number of thioether (sulfide) groups is 1. The highest BCUT2D eigenvalue weighted by molar-refractivity contribution is 7.98. The molecule has 18 heavy (non-hydrogen) atoms. The van der Waals surface area contributed by atoms with Gasteiger partial charge in [0.05, 0.1) is 10.7 Å². The summed E-state index contributed by atoms with van der Waals surface area (Å²) in [5.41, 5.74) is 5.88. The Labute approximate surface area is 114 Å². The normalized spacial score (nSPS) is 10.4. The van der Waals surface area contributed by atoms with Gasteiger partial charge in [-0.15, -0.1) is 11.8 Å². The third-order valence-corrected chi connectivity index (χ3v) is 3.37. The monoisotopic (exact) mass is 283 g/mol. The van der Waals surface area contributed by atoms with E-state index in [1.54, 1.807) is 11.8 Å². The van der Waals surface area contributed by atoms with E-state index in [9.17, 15) is 4.39 Å². The Balaban J connectivity index is 2.25. The highest BCUT2D eigenvalue weighted by Gasteiger charge is 2.08. The van der Waals surface area contributed by atoms with Crippen molar-refractivity contribution < 1.29 is 9.13 Å². The minimum Gasteiger partial charge on any atom is -0.455 e. The molecule has 0 atom stereocenters. The molecule has 0 radical (unpaired) electrons. The van der Waals surface area contributed by atoms with Gasteiger partial charge in [0.15, 0.2) is 5.75 Å². The molecule has 0 heterocycles. The Hall–Kier alpha value is -1.39. The molecule has 2 rings (SSSR count). The molecule has 2 N–H and O–H groups in total. The van der Waals surface area contributed by atoms with Crippen LogP contribution in [0.1, 0.15) is 0 Å². The molecule has 0 amide bonds. The van der Waals surface area contributed by atoms with Crippen molar-refractivity contribution >= 4 is 29.1 Å².